The lowest BCUT2D eigenvalue weighted by Crippen LogP contribution is -2.53. The first kappa shape index (κ1) is 27.8. The molecular weight excluding hydrogens is 499 g/mol. The second kappa shape index (κ2) is 12.1. The summed E-state index contributed by atoms with van der Waals surface area (Å²) >= 11 is 0. The van der Waals surface area contributed by atoms with Crippen LogP contribution in [0.4, 0.5) is 19.0 Å². The molecule has 3 N–H and O–H groups in total. The summed E-state index contributed by atoms with van der Waals surface area (Å²) in [5.74, 6) is 0.0516. The number of alkyl halides is 3. The minimum absolute atomic E-state index is 0.00235. The van der Waals surface area contributed by atoms with Gasteiger partial charge in [-0.1, -0.05) is 24.3 Å². The van der Waals surface area contributed by atoms with Crippen LogP contribution in [0, 0.1) is 0 Å². The fourth-order valence-electron chi connectivity index (χ4n) is 4.88. The van der Waals surface area contributed by atoms with Crippen LogP contribution in [-0.2, 0) is 17.9 Å². The van der Waals surface area contributed by atoms with E-state index in [4.69, 9.17) is 0 Å². The summed E-state index contributed by atoms with van der Waals surface area (Å²) in [6, 6.07) is 7.22. The normalized spacial score (nSPS) is 18.1. The van der Waals surface area contributed by atoms with Crippen LogP contribution < -0.4 is 16.0 Å². The van der Waals surface area contributed by atoms with E-state index in [1.807, 2.05) is 24.3 Å². The number of nitrogens with zero attached hydrogens (tertiary/aromatic N) is 4. The SMILES string of the molecule is CC(=O)N1CCC(Nc2cc(C(=O)NCC(CN3Cc4ccccc4C3)NC(C)C(F)(F)F)ncn2)CC1. The molecule has 9 nitrogen and oxygen atoms in total. The molecule has 4 rings (SSSR count). The molecule has 0 bridgehead atoms. The van der Waals surface area contributed by atoms with Crippen molar-refractivity contribution in [3.8, 4) is 0 Å². The summed E-state index contributed by atoms with van der Waals surface area (Å²) < 4.78 is 39.9. The molecule has 12 heteroatoms. The average molecular weight is 534 g/mol. The first-order valence-electron chi connectivity index (χ1n) is 12.8. The van der Waals surface area contributed by atoms with Gasteiger partial charge < -0.3 is 20.9 Å². The van der Waals surface area contributed by atoms with Crippen LogP contribution in [0.1, 0.15) is 48.3 Å². The third-order valence-corrected chi connectivity index (χ3v) is 7.06. The number of carbonyl (C=O) groups is 2. The molecule has 0 aliphatic carbocycles. The largest absolute Gasteiger partial charge is 0.403 e. The summed E-state index contributed by atoms with van der Waals surface area (Å²) in [7, 11) is 0. The number of rotatable bonds is 9. The lowest BCUT2D eigenvalue weighted by atomic mass is 10.1. The first-order chi connectivity index (χ1) is 18.1. The number of hydrogen-bond donors (Lipinski definition) is 3. The van der Waals surface area contributed by atoms with Gasteiger partial charge in [0.2, 0.25) is 5.91 Å². The Morgan fingerprint density at radius 2 is 1.76 bits per heavy atom. The predicted octanol–water partition coefficient (Wildman–Crippen LogP) is 2.55. The van der Waals surface area contributed by atoms with E-state index >= 15 is 0 Å². The summed E-state index contributed by atoms with van der Waals surface area (Å²) in [6.45, 7) is 5.57. The Kier molecular flexibility index (Phi) is 8.83. The predicted molar refractivity (Wildman–Crippen MR) is 136 cm³/mol. The Hall–Kier alpha value is -3.25. The monoisotopic (exact) mass is 533 g/mol. The Morgan fingerprint density at radius 1 is 1.11 bits per heavy atom. The van der Waals surface area contributed by atoms with Crippen molar-refractivity contribution in [1.29, 1.82) is 0 Å². The van der Waals surface area contributed by atoms with Crippen LogP contribution in [0.3, 0.4) is 0 Å². The standard InChI is InChI=1S/C26H34F3N7O2/c1-17(26(27,28)29)33-22(15-35-13-19-5-3-4-6-20(19)14-35)12-30-25(38)23-11-24(32-16-31-23)34-21-7-9-36(10-8-21)18(2)37/h3-6,11,16-17,21-22,33H,7-10,12-15H2,1-2H3,(H,30,38)(H,31,32,34). The minimum Gasteiger partial charge on any atom is -0.367 e. The van der Waals surface area contributed by atoms with E-state index in [1.54, 1.807) is 11.8 Å². The zero-order valence-corrected chi connectivity index (χ0v) is 21.6. The maximum atomic E-state index is 13.3. The maximum absolute atomic E-state index is 13.3. The zero-order valence-electron chi connectivity index (χ0n) is 21.6. The molecule has 206 valence electrons. The molecule has 0 radical (unpaired) electrons. The second-order valence-electron chi connectivity index (χ2n) is 9.99. The number of halogens is 3. The zero-order chi connectivity index (χ0) is 27.3. The number of benzene rings is 1. The number of nitrogens with one attached hydrogen (secondary N) is 3. The number of piperidine rings is 1. The van der Waals surface area contributed by atoms with Gasteiger partial charge in [0.15, 0.2) is 0 Å². The van der Waals surface area contributed by atoms with Crippen molar-refractivity contribution in [3.63, 3.8) is 0 Å². The average Bonchev–Trinajstić information content (AvgIpc) is 3.29. The van der Waals surface area contributed by atoms with E-state index in [1.165, 1.54) is 12.4 Å². The van der Waals surface area contributed by atoms with Crippen molar-refractivity contribution in [1.82, 2.24) is 30.4 Å². The van der Waals surface area contributed by atoms with Crippen LogP contribution in [0.25, 0.3) is 0 Å². The van der Waals surface area contributed by atoms with Crippen LogP contribution in [0.15, 0.2) is 36.7 Å². The molecule has 2 amide bonds. The molecular formula is C26H34F3N7O2. The van der Waals surface area contributed by atoms with Crippen molar-refractivity contribution < 1.29 is 22.8 Å². The molecule has 1 fully saturated rings. The van der Waals surface area contributed by atoms with Gasteiger partial charge >= 0.3 is 6.18 Å². The maximum Gasteiger partial charge on any atom is 0.403 e. The second-order valence-corrected chi connectivity index (χ2v) is 9.99. The van der Waals surface area contributed by atoms with Gasteiger partial charge in [0.1, 0.15) is 23.9 Å². The van der Waals surface area contributed by atoms with Crippen LogP contribution in [-0.4, -0.2) is 82.1 Å². The van der Waals surface area contributed by atoms with Crippen molar-refractivity contribution >= 4 is 17.6 Å². The van der Waals surface area contributed by atoms with Crippen molar-refractivity contribution in [2.45, 2.75) is 64.1 Å². The number of anilines is 1. The van der Waals surface area contributed by atoms with E-state index in [0.29, 0.717) is 38.5 Å². The van der Waals surface area contributed by atoms with E-state index < -0.39 is 24.2 Å². The smallest absolute Gasteiger partial charge is 0.367 e. The third kappa shape index (κ3) is 7.41. The molecule has 0 spiro atoms. The Bertz CT molecular complexity index is 1100. The molecule has 2 unspecified atom stereocenters. The Balaban J connectivity index is 1.34. The van der Waals surface area contributed by atoms with Gasteiger partial charge in [-0.05, 0) is 30.9 Å². The quantitative estimate of drug-likeness (QED) is 0.455. The van der Waals surface area contributed by atoms with Crippen molar-refractivity contribution in [3.05, 3.63) is 53.5 Å². The highest BCUT2D eigenvalue weighted by Gasteiger charge is 2.37. The Morgan fingerprint density at radius 3 is 2.37 bits per heavy atom. The van der Waals surface area contributed by atoms with Crippen LogP contribution >= 0.6 is 0 Å². The van der Waals surface area contributed by atoms with Gasteiger partial charge in [0, 0.05) is 64.3 Å². The van der Waals surface area contributed by atoms with E-state index in [2.05, 4.69) is 30.8 Å². The fourth-order valence-corrected chi connectivity index (χ4v) is 4.88. The highest BCUT2D eigenvalue weighted by atomic mass is 19.4. The summed E-state index contributed by atoms with van der Waals surface area (Å²) in [5.41, 5.74) is 2.44. The molecule has 1 aromatic carbocycles. The van der Waals surface area contributed by atoms with Gasteiger partial charge in [0.25, 0.3) is 5.91 Å². The highest BCUT2D eigenvalue weighted by molar-refractivity contribution is 5.92. The molecule has 1 aromatic heterocycles. The van der Waals surface area contributed by atoms with Gasteiger partial charge in [-0.15, -0.1) is 0 Å². The van der Waals surface area contributed by atoms with Gasteiger partial charge in [-0.2, -0.15) is 13.2 Å². The van der Waals surface area contributed by atoms with Gasteiger partial charge in [-0.25, -0.2) is 9.97 Å². The number of hydrogen-bond acceptors (Lipinski definition) is 7. The number of amides is 2. The van der Waals surface area contributed by atoms with Crippen LogP contribution in [0.2, 0.25) is 0 Å². The fraction of sp³-hybridized carbons (Fsp3) is 0.538. The number of likely N-dealkylation sites (tertiary alicyclic amines) is 1. The van der Waals surface area contributed by atoms with E-state index in [-0.39, 0.29) is 24.2 Å². The molecule has 1 saturated heterocycles. The number of carbonyl (C=O) groups excluding carboxylic acids is 2. The number of fused-ring (bicyclic) bond motifs is 1. The summed E-state index contributed by atoms with van der Waals surface area (Å²) in [5, 5.41) is 8.67. The highest BCUT2D eigenvalue weighted by Crippen LogP contribution is 2.24. The molecule has 0 saturated carbocycles. The van der Waals surface area contributed by atoms with E-state index in [0.717, 1.165) is 30.9 Å². The molecule has 38 heavy (non-hydrogen) atoms. The van der Waals surface area contributed by atoms with Crippen molar-refractivity contribution in [2.75, 3.05) is 31.5 Å². The third-order valence-electron chi connectivity index (χ3n) is 7.06. The van der Waals surface area contributed by atoms with Gasteiger partial charge in [-0.3, -0.25) is 14.5 Å². The first-order valence-corrected chi connectivity index (χ1v) is 12.8. The molecule has 2 aliphatic rings. The molecule has 2 atom stereocenters. The summed E-state index contributed by atoms with van der Waals surface area (Å²) in [4.78, 5) is 36.5. The molecule has 3 heterocycles. The summed E-state index contributed by atoms with van der Waals surface area (Å²) in [6.07, 6.45) is -1.60. The van der Waals surface area contributed by atoms with Gasteiger partial charge in [0.05, 0.1) is 0 Å². The number of aromatic nitrogens is 2. The molecule has 2 aliphatic heterocycles. The molecule has 2 aromatic rings. The minimum atomic E-state index is -4.40. The van der Waals surface area contributed by atoms with E-state index in [9.17, 15) is 22.8 Å². The Labute approximate surface area is 220 Å². The van der Waals surface area contributed by atoms with Crippen molar-refractivity contribution in [2.24, 2.45) is 0 Å². The topological polar surface area (TPSA) is 102 Å². The lowest BCUT2D eigenvalue weighted by molar-refractivity contribution is -0.153. The lowest BCUT2D eigenvalue weighted by Gasteiger charge is -2.31. The van der Waals surface area contributed by atoms with Crippen LogP contribution in [0.5, 0.6) is 0 Å².